The number of hydrogen-bond donors (Lipinski definition) is 1. The molecule has 0 aromatic carbocycles. The predicted molar refractivity (Wildman–Crippen MR) is 122 cm³/mol. The molecule has 1 aliphatic heterocycles. The largest absolute Gasteiger partial charge is 0.462 e. The molecule has 1 N–H and O–H groups in total. The Kier molecular flexibility index (Phi) is 5.84. The van der Waals surface area contributed by atoms with Crippen LogP contribution in [0.25, 0.3) is 5.52 Å². The first-order chi connectivity index (χ1) is 15.5. The highest BCUT2D eigenvalue weighted by Gasteiger charge is 2.35. The molecule has 9 heteroatoms. The van der Waals surface area contributed by atoms with Crippen molar-refractivity contribution in [1.29, 1.82) is 0 Å². The summed E-state index contributed by atoms with van der Waals surface area (Å²) in [6.45, 7) is 9.85. The van der Waals surface area contributed by atoms with Crippen LogP contribution in [-0.2, 0) is 9.47 Å². The van der Waals surface area contributed by atoms with Crippen molar-refractivity contribution in [3.05, 3.63) is 45.1 Å². The third-order valence-electron chi connectivity index (χ3n) is 5.87. The monoisotopic (exact) mass is 459 g/mol. The van der Waals surface area contributed by atoms with Gasteiger partial charge < -0.3 is 19.7 Å². The van der Waals surface area contributed by atoms with Crippen LogP contribution in [0.4, 0.5) is 14.9 Å². The highest BCUT2D eigenvalue weighted by Crippen LogP contribution is 2.44. The molecule has 33 heavy (non-hydrogen) atoms. The summed E-state index contributed by atoms with van der Waals surface area (Å²) in [5, 5.41) is 2.80. The molecule has 0 spiro atoms. The number of esters is 1. The van der Waals surface area contributed by atoms with Crippen LogP contribution in [0.5, 0.6) is 0 Å². The third kappa shape index (κ3) is 4.54. The van der Waals surface area contributed by atoms with E-state index >= 15 is 4.39 Å². The maximum atomic E-state index is 15.2. The minimum absolute atomic E-state index is 0.0756. The summed E-state index contributed by atoms with van der Waals surface area (Å²) >= 11 is 0. The first-order valence-electron chi connectivity index (χ1n) is 11.3. The second-order valence-electron chi connectivity index (χ2n) is 9.73. The predicted octanol–water partition coefficient (Wildman–Crippen LogP) is 3.51. The zero-order chi connectivity index (χ0) is 24.1. The molecule has 1 saturated heterocycles. The van der Waals surface area contributed by atoms with Crippen LogP contribution in [-0.4, -0.2) is 47.8 Å². The summed E-state index contributed by atoms with van der Waals surface area (Å²) in [7, 11) is 0. The van der Waals surface area contributed by atoms with Gasteiger partial charge in [-0.15, -0.1) is 0 Å². The molecule has 0 unspecified atom stereocenters. The number of nitrogens with zero attached hydrogens (tertiary/aromatic N) is 2. The molecule has 8 nitrogen and oxygen atoms in total. The molecule has 2 aromatic heterocycles. The van der Waals surface area contributed by atoms with Crippen molar-refractivity contribution in [3.63, 3.8) is 0 Å². The van der Waals surface area contributed by atoms with E-state index in [0.29, 0.717) is 29.9 Å². The molecular formula is C24H30FN3O5. The molecule has 0 radical (unpaired) electrons. The second kappa shape index (κ2) is 8.35. The Balaban J connectivity index is 1.66. The van der Waals surface area contributed by atoms with Gasteiger partial charge in [0.1, 0.15) is 11.2 Å². The van der Waals surface area contributed by atoms with Gasteiger partial charge in [0.15, 0.2) is 5.82 Å². The van der Waals surface area contributed by atoms with Crippen LogP contribution in [0.1, 0.15) is 67.9 Å². The van der Waals surface area contributed by atoms with Crippen molar-refractivity contribution in [2.75, 3.05) is 24.6 Å². The van der Waals surface area contributed by atoms with E-state index in [0.717, 1.165) is 24.6 Å². The maximum Gasteiger partial charge on any atom is 0.407 e. The van der Waals surface area contributed by atoms with E-state index < -0.39 is 29.0 Å². The van der Waals surface area contributed by atoms with Crippen LogP contribution in [0, 0.1) is 12.7 Å². The number of nitrogens with one attached hydrogen (secondary N) is 1. The number of carbonyl (C=O) groups is 2. The first kappa shape index (κ1) is 23.1. The number of aryl methyl sites for hydroxylation is 1. The molecule has 1 saturated carbocycles. The summed E-state index contributed by atoms with van der Waals surface area (Å²) in [4.78, 5) is 39.2. The smallest absolute Gasteiger partial charge is 0.407 e. The lowest BCUT2D eigenvalue weighted by Crippen LogP contribution is -2.60. The number of rotatable bonds is 5. The summed E-state index contributed by atoms with van der Waals surface area (Å²) in [5.41, 5.74) is 1.28. The van der Waals surface area contributed by atoms with Crippen molar-refractivity contribution in [1.82, 2.24) is 9.72 Å². The zero-order valence-corrected chi connectivity index (χ0v) is 19.7. The van der Waals surface area contributed by atoms with Crippen molar-refractivity contribution < 1.29 is 23.5 Å². The van der Waals surface area contributed by atoms with E-state index in [-0.39, 0.29) is 24.1 Å². The van der Waals surface area contributed by atoms with E-state index in [1.165, 1.54) is 4.40 Å². The Morgan fingerprint density at radius 2 is 1.91 bits per heavy atom. The highest BCUT2D eigenvalue weighted by atomic mass is 19.1. The van der Waals surface area contributed by atoms with Gasteiger partial charge in [-0.25, -0.2) is 14.0 Å². The molecule has 178 valence electrons. The lowest BCUT2D eigenvalue weighted by atomic mass is 10.00. The van der Waals surface area contributed by atoms with Gasteiger partial charge in [-0.05, 0) is 70.6 Å². The highest BCUT2D eigenvalue weighted by molar-refractivity contribution is 5.90. The average Bonchev–Trinajstić information content (AvgIpc) is 3.50. The lowest BCUT2D eigenvalue weighted by Gasteiger charge is -2.42. The molecule has 4 rings (SSSR count). The van der Waals surface area contributed by atoms with E-state index in [9.17, 15) is 14.4 Å². The molecule has 2 fully saturated rings. The molecule has 1 aliphatic carbocycles. The Morgan fingerprint density at radius 3 is 2.48 bits per heavy atom. The Morgan fingerprint density at radius 1 is 1.24 bits per heavy atom. The van der Waals surface area contributed by atoms with E-state index in [1.54, 1.807) is 40.7 Å². The fourth-order valence-corrected chi connectivity index (χ4v) is 4.32. The Labute approximate surface area is 191 Å². The number of alkyl carbamates (subject to hydrolysis) is 1. The van der Waals surface area contributed by atoms with Crippen LogP contribution < -0.4 is 15.8 Å². The first-order valence-corrected chi connectivity index (χ1v) is 11.3. The maximum absolute atomic E-state index is 15.2. The van der Waals surface area contributed by atoms with Gasteiger partial charge in [-0.2, -0.15) is 0 Å². The molecule has 1 amide bonds. The molecule has 0 atom stereocenters. The summed E-state index contributed by atoms with van der Waals surface area (Å²) in [5.74, 6) is -1.02. The number of hydrogen-bond acceptors (Lipinski definition) is 6. The van der Waals surface area contributed by atoms with Crippen LogP contribution in [0.15, 0.2) is 17.1 Å². The number of ether oxygens (including phenoxy) is 2. The Bertz CT molecular complexity index is 1170. The number of pyridine rings is 2. The average molecular weight is 460 g/mol. The second-order valence-corrected chi connectivity index (χ2v) is 9.73. The number of anilines is 1. The van der Waals surface area contributed by atoms with Crippen molar-refractivity contribution in [2.24, 2.45) is 0 Å². The number of amides is 1. The molecule has 2 aromatic rings. The minimum Gasteiger partial charge on any atom is -0.462 e. The molecule has 3 heterocycles. The van der Waals surface area contributed by atoms with Crippen molar-refractivity contribution in [3.8, 4) is 0 Å². The van der Waals surface area contributed by atoms with E-state index in [1.807, 2.05) is 4.90 Å². The number of halogens is 1. The van der Waals surface area contributed by atoms with Gasteiger partial charge in [0.2, 0.25) is 0 Å². The number of aromatic nitrogens is 1. The van der Waals surface area contributed by atoms with Gasteiger partial charge in [0, 0.05) is 13.1 Å². The third-order valence-corrected chi connectivity index (χ3v) is 5.87. The van der Waals surface area contributed by atoms with Gasteiger partial charge in [-0.1, -0.05) is 0 Å². The van der Waals surface area contributed by atoms with Crippen LogP contribution in [0.3, 0.4) is 0 Å². The number of carbonyl (C=O) groups excluding carboxylic acids is 2. The quantitative estimate of drug-likeness (QED) is 0.689. The van der Waals surface area contributed by atoms with Crippen LogP contribution in [0.2, 0.25) is 0 Å². The zero-order valence-electron chi connectivity index (χ0n) is 19.7. The topological polar surface area (TPSA) is 89.3 Å². The summed E-state index contributed by atoms with van der Waals surface area (Å²) in [6.07, 6.45) is 2.56. The summed E-state index contributed by atoms with van der Waals surface area (Å²) < 4.78 is 26.8. The lowest BCUT2D eigenvalue weighted by molar-refractivity contribution is 0.0492. The van der Waals surface area contributed by atoms with Crippen LogP contribution >= 0.6 is 0 Å². The minimum atomic E-state index is -0.695. The molecule has 2 aliphatic rings. The fourth-order valence-electron chi connectivity index (χ4n) is 4.32. The normalized spacial score (nSPS) is 16.5. The number of fused-ring (bicyclic) bond motifs is 1. The molecule has 0 bridgehead atoms. The van der Waals surface area contributed by atoms with Gasteiger partial charge >= 0.3 is 12.1 Å². The van der Waals surface area contributed by atoms with Crippen molar-refractivity contribution in [2.45, 2.75) is 65.0 Å². The fraction of sp³-hybridized carbons (Fsp3) is 0.542. The van der Waals surface area contributed by atoms with E-state index in [2.05, 4.69) is 5.32 Å². The molecular weight excluding hydrogens is 429 g/mol. The van der Waals surface area contributed by atoms with Gasteiger partial charge in [0.25, 0.3) is 5.56 Å². The SMILES string of the molecule is CCOC(=O)c1cc(C2CC2)c2c(C)c(N3CC(NC(=O)OC(C)(C)C)C3)c(F)cn2c1=O. The van der Waals surface area contributed by atoms with Crippen molar-refractivity contribution >= 4 is 23.3 Å². The standard InChI is InChI=1S/C24H30FN3O5/c1-6-32-22(30)17-9-16(14-7-8-14)19-13(2)20(18(25)12-28(19)21(17)29)27-10-15(11-27)26-23(31)33-24(3,4)5/h9,12,14-15H,6-8,10-11H2,1-5H3,(H,26,31). The Hall–Kier alpha value is -3.10. The van der Waals surface area contributed by atoms with Gasteiger partial charge in [0.05, 0.1) is 30.0 Å². The van der Waals surface area contributed by atoms with E-state index in [4.69, 9.17) is 9.47 Å². The summed E-state index contributed by atoms with van der Waals surface area (Å²) in [6, 6.07) is 1.46. The van der Waals surface area contributed by atoms with Gasteiger partial charge in [-0.3, -0.25) is 9.20 Å².